The molecule has 1 unspecified atom stereocenters. The molecule has 0 spiro atoms. The van der Waals surface area contributed by atoms with Gasteiger partial charge in [-0.05, 0) is 25.9 Å². The monoisotopic (exact) mass is 694 g/mol. The lowest BCUT2D eigenvalue weighted by Crippen LogP contribution is -2.61. The summed E-state index contributed by atoms with van der Waals surface area (Å²) in [7, 11) is 6.10. The molecule has 1 N–H and O–H groups in total. The van der Waals surface area contributed by atoms with Crippen molar-refractivity contribution in [2.75, 3.05) is 73.5 Å². The van der Waals surface area contributed by atoms with Crippen molar-refractivity contribution in [2.45, 2.75) is 200 Å². The van der Waals surface area contributed by atoms with E-state index in [0.717, 1.165) is 52.4 Å². The first-order valence-electron chi connectivity index (χ1n) is 22.0. The summed E-state index contributed by atoms with van der Waals surface area (Å²) in [4.78, 5) is 20.0. The Kier molecular flexibility index (Phi) is 30.3. The number of nitrogens with zero attached hydrogens (tertiary/aromatic N) is 4. The molecule has 1 aliphatic rings. The van der Waals surface area contributed by atoms with Gasteiger partial charge in [0.2, 0.25) is 6.17 Å². The fraction of sp³-hybridized carbons (Fsp3) is 0.977. The molecule has 0 aromatic rings. The number of quaternary nitrogens is 1. The molecule has 0 saturated carbocycles. The standard InChI is InChI=1S/C43H88N4O2/c1-6-8-10-12-14-16-18-20-22-24-26-28-30-32-34-44-36-37-45(39-41-46(40-38-44)42(43(48)49)47(3,4)5)35-33-31-29-27-25-23-21-19-17-15-13-11-9-7-2/h42H,6-41H2,1-5H3/p+1. The summed E-state index contributed by atoms with van der Waals surface area (Å²) in [5.41, 5.74) is 0. The van der Waals surface area contributed by atoms with E-state index < -0.39 is 12.1 Å². The Labute approximate surface area is 307 Å². The van der Waals surface area contributed by atoms with Gasteiger partial charge >= 0.3 is 5.97 Å². The molecule has 1 rings (SSSR count). The second-order valence-electron chi connectivity index (χ2n) is 16.7. The molecule has 0 aromatic heterocycles. The Hall–Kier alpha value is -0.690. The Morgan fingerprint density at radius 1 is 0.449 bits per heavy atom. The van der Waals surface area contributed by atoms with E-state index in [4.69, 9.17) is 0 Å². The number of rotatable bonds is 33. The second kappa shape index (κ2) is 32.0. The number of likely N-dealkylation sites (N-methyl/N-ethyl adjacent to an activating group) is 1. The SMILES string of the molecule is CCCCCCCCCCCCCCCCN1CCN(CCCCCCCCCCCCCCCC)CCN(C(C(=O)O)[N+](C)(C)C)CC1. The van der Waals surface area contributed by atoms with Crippen LogP contribution in [0.5, 0.6) is 0 Å². The highest BCUT2D eigenvalue weighted by Gasteiger charge is 2.37. The van der Waals surface area contributed by atoms with Crippen LogP contribution in [0.2, 0.25) is 0 Å². The van der Waals surface area contributed by atoms with E-state index in [1.54, 1.807) is 0 Å². The van der Waals surface area contributed by atoms with Crippen LogP contribution in [0, 0.1) is 0 Å². The minimum atomic E-state index is -0.691. The normalized spacial score (nSPS) is 16.4. The summed E-state index contributed by atoms with van der Waals surface area (Å²) in [5, 5.41) is 10.2. The lowest BCUT2D eigenvalue weighted by molar-refractivity contribution is -0.899. The van der Waals surface area contributed by atoms with Crippen molar-refractivity contribution in [1.82, 2.24) is 14.7 Å². The zero-order valence-electron chi connectivity index (χ0n) is 34.2. The van der Waals surface area contributed by atoms with Gasteiger partial charge in [-0.25, -0.2) is 9.69 Å². The van der Waals surface area contributed by atoms with Gasteiger partial charge in [0.15, 0.2) is 0 Å². The first-order chi connectivity index (χ1) is 23.8. The quantitative estimate of drug-likeness (QED) is 0.0548. The van der Waals surface area contributed by atoms with Gasteiger partial charge in [-0.15, -0.1) is 0 Å². The maximum Gasteiger partial charge on any atom is 0.379 e. The summed E-state index contributed by atoms with van der Waals surface area (Å²) in [6.45, 7) is 12.8. The minimum Gasteiger partial charge on any atom is -0.476 e. The average molecular weight is 694 g/mol. The topological polar surface area (TPSA) is 47.0 Å². The minimum absolute atomic E-state index is 0.438. The molecule has 1 saturated heterocycles. The molecule has 0 radical (unpaired) electrons. The maximum absolute atomic E-state index is 12.4. The lowest BCUT2D eigenvalue weighted by Gasteiger charge is -2.39. The number of carboxylic acid groups (broad SMARTS) is 1. The molecule has 0 bridgehead atoms. The van der Waals surface area contributed by atoms with E-state index in [9.17, 15) is 9.90 Å². The molecule has 0 aromatic carbocycles. The van der Waals surface area contributed by atoms with E-state index in [1.807, 2.05) is 21.1 Å². The van der Waals surface area contributed by atoms with Crippen LogP contribution in [0.15, 0.2) is 0 Å². The maximum atomic E-state index is 12.4. The molecule has 1 aliphatic heterocycles. The first kappa shape index (κ1) is 46.3. The Morgan fingerprint density at radius 2 is 0.694 bits per heavy atom. The summed E-state index contributed by atoms with van der Waals surface area (Å²) in [5.74, 6) is -0.691. The molecule has 0 amide bonds. The van der Waals surface area contributed by atoms with Crippen LogP contribution in [0.3, 0.4) is 0 Å². The number of carboxylic acids is 1. The molecule has 292 valence electrons. The summed E-state index contributed by atoms with van der Waals surface area (Å²) in [6.07, 6.45) is 38.6. The fourth-order valence-electron chi connectivity index (χ4n) is 7.89. The predicted octanol–water partition coefficient (Wildman–Crippen LogP) is 11.0. The molecule has 0 aliphatic carbocycles. The summed E-state index contributed by atoms with van der Waals surface area (Å²) in [6, 6.07) is 0. The predicted molar refractivity (Wildman–Crippen MR) is 215 cm³/mol. The molecular weight excluding hydrogens is 604 g/mol. The number of hydrogen-bond acceptors (Lipinski definition) is 4. The van der Waals surface area contributed by atoms with Gasteiger partial charge in [-0.1, -0.05) is 181 Å². The molecule has 6 heteroatoms. The molecule has 1 atom stereocenters. The third-order valence-corrected chi connectivity index (χ3v) is 11.1. The van der Waals surface area contributed by atoms with Crippen molar-refractivity contribution in [2.24, 2.45) is 0 Å². The third-order valence-electron chi connectivity index (χ3n) is 11.1. The van der Waals surface area contributed by atoms with Crippen LogP contribution in [0.4, 0.5) is 0 Å². The van der Waals surface area contributed by atoms with Crippen molar-refractivity contribution < 1.29 is 14.4 Å². The van der Waals surface area contributed by atoms with Gasteiger partial charge < -0.3 is 19.4 Å². The zero-order valence-corrected chi connectivity index (χ0v) is 34.2. The molecule has 1 heterocycles. The average Bonchev–Trinajstić information content (AvgIpc) is 3.15. The summed E-state index contributed by atoms with van der Waals surface area (Å²) < 4.78 is 0.438. The van der Waals surface area contributed by atoms with E-state index >= 15 is 0 Å². The van der Waals surface area contributed by atoms with Crippen molar-refractivity contribution in [1.29, 1.82) is 0 Å². The largest absolute Gasteiger partial charge is 0.476 e. The smallest absolute Gasteiger partial charge is 0.379 e. The second-order valence-corrected chi connectivity index (χ2v) is 16.7. The van der Waals surface area contributed by atoms with Gasteiger partial charge in [-0.2, -0.15) is 0 Å². The fourth-order valence-corrected chi connectivity index (χ4v) is 7.89. The van der Waals surface area contributed by atoms with Crippen LogP contribution in [-0.4, -0.2) is 110 Å². The van der Waals surface area contributed by atoms with Gasteiger partial charge in [-0.3, -0.25) is 0 Å². The van der Waals surface area contributed by atoms with Crippen molar-refractivity contribution in [3.8, 4) is 0 Å². The van der Waals surface area contributed by atoms with Crippen LogP contribution >= 0.6 is 0 Å². The number of aliphatic carboxylic acids is 1. The molecule has 6 nitrogen and oxygen atoms in total. The van der Waals surface area contributed by atoms with Crippen molar-refractivity contribution in [3.05, 3.63) is 0 Å². The molecule has 49 heavy (non-hydrogen) atoms. The summed E-state index contributed by atoms with van der Waals surface area (Å²) >= 11 is 0. The van der Waals surface area contributed by atoms with Crippen molar-refractivity contribution >= 4 is 5.97 Å². The first-order valence-corrected chi connectivity index (χ1v) is 22.0. The van der Waals surface area contributed by atoms with E-state index in [-0.39, 0.29) is 0 Å². The van der Waals surface area contributed by atoms with Gasteiger partial charge in [0.1, 0.15) is 0 Å². The molecular formula is C43H89N4O2+. The Morgan fingerprint density at radius 3 is 0.939 bits per heavy atom. The van der Waals surface area contributed by atoms with Crippen LogP contribution < -0.4 is 0 Å². The molecule has 1 fully saturated rings. The highest BCUT2D eigenvalue weighted by atomic mass is 16.4. The Bertz CT molecular complexity index is 683. The third kappa shape index (κ3) is 26.7. The van der Waals surface area contributed by atoms with Crippen molar-refractivity contribution in [3.63, 3.8) is 0 Å². The van der Waals surface area contributed by atoms with Crippen LogP contribution in [0.1, 0.15) is 194 Å². The van der Waals surface area contributed by atoms with Crippen LogP contribution in [-0.2, 0) is 4.79 Å². The number of hydrogen-bond donors (Lipinski definition) is 1. The Balaban J connectivity index is 2.36. The van der Waals surface area contributed by atoms with E-state index in [0.29, 0.717) is 4.48 Å². The van der Waals surface area contributed by atoms with E-state index in [2.05, 4.69) is 28.5 Å². The number of unbranched alkanes of at least 4 members (excludes halogenated alkanes) is 26. The van der Waals surface area contributed by atoms with Gasteiger partial charge in [0.25, 0.3) is 0 Å². The number of carbonyl (C=O) groups is 1. The highest BCUT2D eigenvalue weighted by molar-refractivity contribution is 5.71. The van der Waals surface area contributed by atoms with Crippen LogP contribution in [0.25, 0.3) is 0 Å². The van der Waals surface area contributed by atoms with E-state index in [1.165, 1.54) is 180 Å². The van der Waals surface area contributed by atoms with Gasteiger partial charge in [0.05, 0.1) is 21.1 Å². The zero-order chi connectivity index (χ0) is 35.8. The lowest BCUT2D eigenvalue weighted by atomic mass is 10.0. The highest BCUT2D eigenvalue weighted by Crippen LogP contribution is 2.17. The van der Waals surface area contributed by atoms with Gasteiger partial charge in [0, 0.05) is 39.3 Å².